The molecule has 80 valence electrons. The first kappa shape index (κ1) is 10.1. The summed E-state index contributed by atoms with van der Waals surface area (Å²) in [6.07, 6.45) is 6.87. The molecule has 0 aromatic carbocycles. The van der Waals surface area contributed by atoms with Crippen LogP contribution in [0, 0.1) is 6.92 Å². The molecule has 0 saturated heterocycles. The van der Waals surface area contributed by atoms with Crippen molar-refractivity contribution in [2.24, 2.45) is 0 Å². The molecule has 0 unspecified atom stereocenters. The summed E-state index contributed by atoms with van der Waals surface area (Å²) in [6.45, 7) is 8.63. The Bertz CT molecular complexity index is 483. The summed E-state index contributed by atoms with van der Waals surface area (Å²) < 4.78 is 2.00. The van der Waals surface area contributed by atoms with E-state index in [1.807, 2.05) is 23.8 Å². The van der Waals surface area contributed by atoms with Crippen LogP contribution in [0.25, 0.3) is 5.65 Å². The summed E-state index contributed by atoms with van der Waals surface area (Å²) in [6, 6.07) is 0. The molecule has 3 heteroatoms. The van der Waals surface area contributed by atoms with Crippen LogP contribution in [0.4, 0.5) is 0 Å². The van der Waals surface area contributed by atoms with Crippen molar-refractivity contribution in [1.29, 1.82) is 0 Å². The minimum Gasteiger partial charge on any atom is -0.290 e. The van der Waals surface area contributed by atoms with E-state index in [2.05, 4.69) is 36.9 Å². The number of fused-ring (bicyclic) bond motifs is 1. The first-order valence-corrected chi connectivity index (χ1v) is 5.34. The van der Waals surface area contributed by atoms with E-state index in [1.54, 1.807) is 0 Å². The second-order valence-corrected chi connectivity index (χ2v) is 4.69. The maximum atomic E-state index is 4.48. The Morgan fingerprint density at radius 2 is 2.07 bits per heavy atom. The zero-order valence-electron chi connectivity index (χ0n) is 9.78. The van der Waals surface area contributed by atoms with Gasteiger partial charge in [-0.05, 0) is 18.9 Å². The highest BCUT2D eigenvalue weighted by atomic mass is 15.1. The standard InChI is InChI=1S/C12H17N3/c1-5-12(3,4)10-11-13-6-9(2)7-15(11)8-14-10/h6-8H,5H2,1-4H3. The Hall–Kier alpha value is -1.38. The summed E-state index contributed by atoms with van der Waals surface area (Å²) >= 11 is 0. The van der Waals surface area contributed by atoms with Crippen LogP contribution in [0.15, 0.2) is 18.7 Å². The number of imidazole rings is 1. The SMILES string of the molecule is CCC(C)(C)c1ncn2cc(C)cnc12. The molecule has 0 saturated carbocycles. The molecule has 0 bridgehead atoms. The zero-order chi connectivity index (χ0) is 11.1. The van der Waals surface area contributed by atoms with Crippen molar-refractivity contribution in [3.8, 4) is 0 Å². The molecule has 2 rings (SSSR count). The molecular formula is C12H17N3. The predicted molar refractivity (Wildman–Crippen MR) is 61.0 cm³/mol. The summed E-state index contributed by atoms with van der Waals surface area (Å²) in [4.78, 5) is 8.93. The molecule has 0 aliphatic rings. The number of rotatable bonds is 2. The lowest BCUT2D eigenvalue weighted by atomic mass is 9.86. The fourth-order valence-electron chi connectivity index (χ4n) is 1.64. The third-order valence-corrected chi connectivity index (χ3v) is 3.03. The van der Waals surface area contributed by atoms with Crippen molar-refractivity contribution in [3.05, 3.63) is 30.0 Å². The molecule has 15 heavy (non-hydrogen) atoms. The van der Waals surface area contributed by atoms with E-state index >= 15 is 0 Å². The fourth-order valence-corrected chi connectivity index (χ4v) is 1.64. The van der Waals surface area contributed by atoms with Gasteiger partial charge >= 0.3 is 0 Å². The lowest BCUT2D eigenvalue weighted by Crippen LogP contribution is -2.16. The van der Waals surface area contributed by atoms with Gasteiger partial charge in [-0.2, -0.15) is 0 Å². The zero-order valence-corrected chi connectivity index (χ0v) is 9.78. The first-order valence-electron chi connectivity index (χ1n) is 5.34. The van der Waals surface area contributed by atoms with Gasteiger partial charge in [-0.15, -0.1) is 0 Å². The molecule has 0 atom stereocenters. The van der Waals surface area contributed by atoms with Crippen LogP contribution in [0.5, 0.6) is 0 Å². The van der Waals surface area contributed by atoms with E-state index in [-0.39, 0.29) is 5.41 Å². The van der Waals surface area contributed by atoms with Crippen LogP contribution < -0.4 is 0 Å². The molecule has 2 aromatic heterocycles. The van der Waals surface area contributed by atoms with Gasteiger partial charge in [0.25, 0.3) is 0 Å². The van der Waals surface area contributed by atoms with E-state index in [9.17, 15) is 0 Å². The van der Waals surface area contributed by atoms with Crippen molar-refractivity contribution in [1.82, 2.24) is 14.4 Å². The molecule has 0 amide bonds. The van der Waals surface area contributed by atoms with Crippen LogP contribution in [0.3, 0.4) is 0 Å². The summed E-state index contributed by atoms with van der Waals surface area (Å²) in [5, 5.41) is 0. The lowest BCUT2D eigenvalue weighted by molar-refractivity contribution is 0.496. The van der Waals surface area contributed by atoms with Gasteiger partial charge in [0.15, 0.2) is 5.65 Å². The molecule has 0 fully saturated rings. The van der Waals surface area contributed by atoms with Crippen molar-refractivity contribution in [3.63, 3.8) is 0 Å². The second kappa shape index (κ2) is 3.33. The Kier molecular flexibility index (Phi) is 2.25. The van der Waals surface area contributed by atoms with Crippen molar-refractivity contribution >= 4 is 5.65 Å². The maximum Gasteiger partial charge on any atom is 0.160 e. The maximum absolute atomic E-state index is 4.48. The quantitative estimate of drug-likeness (QED) is 0.751. The van der Waals surface area contributed by atoms with E-state index in [0.29, 0.717) is 0 Å². The van der Waals surface area contributed by atoms with Crippen molar-refractivity contribution < 1.29 is 0 Å². The average Bonchev–Trinajstić information content (AvgIpc) is 2.61. The van der Waals surface area contributed by atoms with Crippen LogP contribution in [0.1, 0.15) is 38.4 Å². The number of hydrogen-bond acceptors (Lipinski definition) is 2. The van der Waals surface area contributed by atoms with Crippen LogP contribution in [-0.2, 0) is 5.41 Å². The molecule has 0 aliphatic heterocycles. The van der Waals surface area contributed by atoms with Gasteiger partial charge in [-0.3, -0.25) is 4.40 Å². The minimum atomic E-state index is 0.0943. The highest BCUT2D eigenvalue weighted by Gasteiger charge is 2.24. The topological polar surface area (TPSA) is 30.2 Å². The molecule has 3 nitrogen and oxygen atoms in total. The van der Waals surface area contributed by atoms with Gasteiger partial charge < -0.3 is 0 Å². The van der Waals surface area contributed by atoms with Crippen LogP contribution >= 0.6 is 0 Å². The molecule has 0 spiro atoms. The predicted octanol–water partition coefficient (Wildman–Crippen LogP) is 2.73. The molecular weight excluding hydrogens is 186 g/mol. The second-order valence-electron chi connectivity index (χ2n) is 4.69. The van der Waals surface area contributed by atoms with Crippen LogP contribution in [-0.4, -0.2) is 14.4 Å². The number of aryl methyl sites for hydroxylation is 1. The highest BCUT2D eigenvalue weighted by Crippen LogP contribution is 2.27. The van der Waals surface area contributed by atoms with Gasteiger partial charge in [0.2, 0.25) is 0 Å². The third-order valence-electron chi connectivity index (χ3n) is 3.03. The Balaban J connectivity index is 2.64. The van der Waals surface area contributed by atoms with E-state index in [4.69, 9.17) is 0 Å². The van der Waals surface area contributed by atoms with E-state index < -0.39 is 0 Å². The Morgan fingerprint density at radius 1 is 1.33 bits per heavy atom. The number of nitrogens with zero attached hydrogens (tertiary/aromatic N) is 3. The molecule has 0 radical (unpaired) electrons. The normalized spacial score (nSPS) is 12.3. The number of hydrogen-bond donors (Lipinski definition) is 0. The third kappa shape index (κ3) is 1.62. The molecule has 2 aromatic rings. The van der Waals surface area contributed by atoms with E-state index in [1.165, 1.54) is 0 Å². The van der Waals surface area contributed by atoms with Gasteiger partial charge in [0.1, 0.15) is 6.33 Å². The fraction of sp³-hybridized carbons (Fsp3) is 0.500. The van der Waals surface area contributed by atoms with Crippen molar-refractivity contribution in [2.45, 2.75) is 39.5 Å². The van der Waals surface area contributed by atoms with Gasteiger partial charge in [0, 0.05) is 17.8 Å². The Labute approximate surface area is 90.2 Å². The smallest absolute Gasteiger partial charge is 0.160 e. The monoisotopic (exact) mass is 203 g/mol. The van der Waals surface area contributed by atoms with Gasteiger partial charge in [-0.25, -0.2) is 9.97 Å². The molecule has 0 N–H and O–H groups in total. The highest BCUT2D eigenvalue weighted by molar-refractivity contribution is 5.47. The largest absolute Gasteiger partial charge is 0.290 e. The summed E-state index contributed by atoms with van der Waals surface area (Å²) in [5.41, 5.74) is 3.31. The lowest BCUT2D eigenvalue weighted by Gasteiger charge is -2.19. The molecule has 2 heterocycles. The average molecular weight is 203 g/mol. The van der Waals surface area contributed by atoms with Crippen LogP contribution in [0.2, 0.25) is 0 Å². The van der Waals surface area contributed by atoms with Crippen molar-refractivity contribution in [2.75, 3.05) is 0 Å². The summed E-state index contributed by atoms with van der Waals surface area (Å²) in [5.74, 6) is 0. The first-order chi connectivity index (χ1) is 7.04. The number of aromatic nitrogens is 3. The van der Waals surface area contributed by atoms with Gasteiger partial charge in [0.05, 0.1) is 5.69 Å². The van der Waals surface area contributed by atoms with E-state index in [0.717, 1.165) is 23.3 Å². The minimum absolute atomic E-state index is 0.0943. The summed E-state index contributed by atoms with van der Waals surface area (Å²) in [7, 11) is 0. The molecule has 0 aliphatic carbocycles. The Morgan fingerprint density at radius 3 is 2.73 bits per heavy atom. The van der Waals surface area contributed by atoms with Gasteiger partial charge in [-0.1, -0.05) is 20.8 Å².